The van der Waals surface area contributed by atoms with Crippen molar-refractivity contribution in [1.82, 2.24) is 0 Å². The first-order valence-electron chi connectivity index (χ1n) is 8.80. The van der Waals surface area contributed by atoms with E-state index in [1.165, 1.54) is 34.5 Å². The Morgan fingerprint density at radius 2 is 1.48 bits per heavy atom. The number of aromatic hydroxyl groups is 1. The molecule has 1 atom stereocenters. The summed E-state index contributed by atoms with van der Waals surface area (Å²) >= 11 is 0. The number of hydrogen-bond acceptors (Lipinski definition) is 8. The zero-order valence-corrected chi connectivity index (χ0v) is 16.6. The molecule has 0 saturated heterocycles. The second-order valence-electron chi connectivity index (χ2n) is 6.36. The molecule has 2 aromatic carbocycles. The van der Waals surface area contributed by atoms with E-state index in [1.54, 1.807) is 24.3 Å². The zero-order valence-electron chi connectivity index (χ0n) is 16.6. The van der Waals surface area contributed by atoms with E-state index in [0.717, 1.165) is 0 Å². The maximum absolute atomic E-state index is 10.7. The third-order valence-electron chi connectivity index (χ3n) is 4.84. The van der Waals surface area contributed by atoms with Gasteiger partial charge >= 0.3 is 0 Å². The van der Waals surface area contributed by atoms with E-state index in [2.05, 4.69) is 5.16 Å². The molecule has 0 radical (unpaired) electrons. The van der Waals surface area contributed by atoms with E-state index in [9.17, 15) is 15.4 Å². The largest absolute Gasteiger partial charge is 0.504 e. The van der Waals surface area contributed by atoms with Gasteiger partial charge in [-0.15, -0.1) is 0 Å². The van der Waals surface area contributed by atoms with Crippen LogP contribution in [0.3, 0.4) is 0 Å². The van der Waals surface area contributed by atoms with Gasteiger partial charge in [0, 0.05) is 12.0 Å². The first kappa shape index (κ1) is 20.3. The number of hydrogen-bond donors (Lipinski definition) is 3. The van der Waals surface area contributed by atoms with Crippen molar-refractivity contribution in [3.8, 4) is 28.7 Å². The quantitative estimate of drug-likeness (QED) is 0.504. The Hall–Kier alpha value is -3.39. The molecule has 29 heavy (non-hydrogen) atoms. The number of benzene rings is 2. The summed E-state index contributed by atoms with van der Waals surface area (Å²) in [7, 11) is 5.96. The molecule has 3 rings (SSSR count). The molecule has 1 aliphatic rings. The van der Waals surface area contributed by atoms with Gasteiger partial charge in [0.05, 0.1) is 40.3 Å². The van der Waals surface area contributed by atoms with E-state index >= 15 is 0 Å². The summed E-state index contributed by atoms with van der Waals surface area (Å²) in [6.07, 6.45) is -0.812. The van der Waals surface area contributed by atoms with Crippen LogP contribution in [0.2, 0.25) is 0 Å². The normalized spacial score (nSPS) is 17.6. The molecular formula is C21H23NO7. The molecule has 1 aliphatic carbocycles. The monoisotopic (exact) mass is 401 g/mol. The Bertz CT molecular complexity index is 956. The fourth-order valence-corrected chi connectivity index (χ4v) is 3.54. The number of allylic oxidation sites excluding steroid dienone is 1. The molecule has 0 fully saturated rings. The molecule has 2 aromatic rings. The lowest BCUT2D eigenvalue weighted by Crippen LogP contribution is -2.05. The van der Waals surface area contributed by atoms with Gasteiger partial charge in [0.1, 0.15) is 0 Å². The van der Waals surface area contributed by atoms with Crippen LogP contribution in [0.25, 0.3) is 11.1 Å². The van der Waals surface area contributed by atoms with Gasteiger partial charge in [-0.25, -0.2) is 0 Å². The molecule has 154 valence electrons. The Morgan fingerprint density at radius 3 is 1.97 bits per heavy atom. The first-order chi connectivity index (χ1) is 14.0. The summed E-state index contributed by atoms with van der Waals surface area (Å²) in [5, 5.41) is 33.8. The van der Waals surface area contributed by atoms with Crippen molar-refractivity contribution in [2.75, 3.05) is 28.4 Å². The molecular weight excluding hydrogens is 378 g/mol. The van der Waals surface area contributed by atoms with Gasteiger partial charge in [0.15, 0.2) is 23.0 Å². The Balaban J connectivity index is 2.29. The van der Waals surface area contributed by atoms with E-state index in [0.29, 0.717) is 51.0 Å². The number of phenolic OH excluding ortho intramolecular Hbond substituents is 1. The molecule has 0 spiro atoms. The minimum Gasteiger partial charge on any atom is -0.504 e. The third-order valence-corrected chi connectivity index (χ3v) is 4.84. The fourth-order valence-electron chi connectivity index (χ4n) is 3.54. The standard InChI is InChI=1S/C21H23NO7/c1-26-16-6-5-11(7-14(16)23)20-15(24)10-13(22-25)19(20)12-8-17(27-2)21(29-4)18(9-12)28-3/h5-9,15,23-25H,10H2,1-4H3/b22-13+. The number of ether oxygens (including phenoxy) is 4. The van der Waals surface area contributed by atoms with Crippen LogP contribution < -0.4 is 18.9 Å². The second kappa shape index (κ2) is 8.32. The molecule has 0 aromatic heterocycles. The minimum atomic E-state index is -0.928. The lowest BCUT2D eigenvalue weighted by molar-refractivity contribution is 0.242. The average Bonchev–Trinajstić information content (AvgIpc) is 3.08. The van der Waals surface area contributed by atoms with Crippen molar-refractivity contribution in [3.05, 3.63) is 41.5 Å². The highest BCUT2D eigenvalue weighted by Crippen LogP contribution is 2.45. The molecule has 3 N–H and O–H groups in total. The van der Waals surface area contributed by atoms with E-state index in [4.69, 9.17) is 18.9 Å². The average molecular weight is 401 g/mol. The lowest BCUT2D eigenvalue weighted by atomic mass is 9.95. The van der Waals surface area contributed by atoms with Crippen molar-refractivity contribution in [3.63, 3.8) is 0 Å². The van der Waals surface area contributed by atoms with Crippen LogP contribution in [-0.2, 0) is 0 Å². The zero-order chi connectivity index (χ0) is 21.1. The predicted molar refractivity (Wildman–Crippen MR) is 107 cm³/mol. The molecule has 0 aliphatic heterocycles. The topological polar surface area (TPSA) is 110 Å². The van der Waals surface area contributed by atoms with Crippen LogP contribution in [0.5, 0.6) is 28.7 Å². The number of rotatable bonds is 6. The molecule has 8 nitrogen and oxygen atoms in total. The molecule has 8 heteroatoms. The summed E-state index contributed by atoms with van der Waals surface area (Å²) in [6.45, 7) is 0. The van der Waals surface area contributed by atoms with Gasteiger partial charge < -0.3 is 34.4 Å². The van der Waals surface area contributed by atoms with Crippen LogP contribution in [0.15, 0.2) is 35.5 Å². The third kappa shape index (κ3) is 3.54. The lowest BCUT2D eigenvalue weighted by Gasteiger charge is -2.16. The van der Waals surface area contributed by atoms with Gasteiger partial charge in [-0.2, -0.15) is 0 Å². The Morgan fingerprint density at radius 1 is 0.862 bits per heavy atom. The summed E-state index contributed by atoms with van der Waals surface area (Å²) < 4.78 is 21.3. The molecule has 0 heterocycles. The van der Waals surface area contributed by atoms with Crippen molar-refractivity contribution < 1.29 is 34.4 Å². The van der Waals surface area contributed by atoms with Crippen LogP contribution in [0.1, 0.15) is 17.5 Å². The number of aliphatic hydroxyl groups excluding tert-OH is 1. The smallest absolute Gasteiger partial charge is 0.203 e. The van der Waals surface area contributed by atoms with E-state index < -0.39 is 6.10 Å². The van der Waals surface area contributed by atoms with Crippen molar-refractivity contribution in [1.29, 1.82) is 0 Å². The van der Waals surface area contributed by atoms with Crippen LogP contribution in [0, 0.1) is 0 Å². The molecule has 1 unspecified atom stereocenters. The Labute approximate surface area is 168 Å². The van der Waals surface area contributed by atoms with Gasteiger partial charge in [-0.05, 0) is 41.0 Å². The SMILES string of the molecule is COc1ccc(C2=C(c3cc(OC)c(OC)c(OC)c3)/C(=N/O)CC2O)cc1O. The maximum atomic E-state index is 10.7. The minimum absolute atomic E-state index is 0.0664. The Kier molecular flexibility index (Phi) is 5.84. The van der Waals surface area contributed by atoms with Gasteiger partial charge in [0.2, 0.25) is 5.75 Å². The van der Waals surface area contributed by atoms with Crippen molar-refractivity contribution >= 4 is 16.9 Å². The number of oxime groups is 1. The predicted octanol–water partition coefficient (Wildman–Crippen LogP) is 2.93. The number of methoxy groups -OCH3 is 4. The van der Waals surface area contributed by atoms with Crippen molar-refractivity contribution in [2.24, 2.45) is 5.16 Å². The summed E-state index contributed by atoms with van der Waals surface area (Å²) in [6, 6.07) is 8.24. The number of phenols is 1. The van der Waals surface area contributed by atoms with Crippen LogP contribution in [0.4, 0.5) is 0 Å². The highest BCUT2D eigenvalue weighted by atomic mass is 16.5. The van der Waals surface area contributed by atoms with Gasteiger partial charge in [-0.3, -0.25) is 0 Å². The number of aliphatic hydroxyl groups is 1. The maximum Gasteiger partial charge on any atom is 0.203 e. The highest BCUT2D eigenvalue weighted by Gasteiger charge is 2.33. The van der Waals surface area contributed by atoms with E-state index in [1.807, 2.05) is 0 Å². The van der Waals surface area contributed by atoms with Gasteiger partial charge in [-0.1, -0.05) is 11.2 Å². The summed E-state index contributed by atoms with van der Waals surface area (Å²) in [5.41, 5.74) is 2.50. The van der Waals surface area contributed by atoms with Crippen LogP contribution >= 0.6 is 0 Å². The molecule has 0 bridgehead atoms. The van der Waals surface area contributed by atoms with Crippen molar-refractivity contribution in [2.45, 2.75) is 12.5 Å². The number of nitrogens with zero attached hydrogens (tertiary/aromatic N) is 1. The van der Waals surface area contributed by atoms with E-state index in [-0.39, 0.29) is 12.2 Å². The molecule has 0 amide bonds. The highest BCUT2D eigenvalue weighted by molar-refractivity contribution is 6.34. The fraction of sp³-hybridized carbons (Fsp3) is 0.286. The summed E-state index contributed by atoms with van der Waals surface area (Å²) in [5.74, 6) is 1.51. The summed E-state index contributed by atoms with van der Waals surface area (Å²) in [4.78, 5) is 0. The molecule has 0 saturated carbocycles. The van der Waals surface area contributed by atoms with Crippen LogP contribution in [-0.4, -0.2) is 55.7 Å². The van der Waals surface area contributed by atoms with Gasteiger partial charge in [0.25, 0.3) is 0 Å². The second-order valence-corrected chi connectivity index (χ2v) is 6.36. The first-order valence-corrected chi connectivity index (χ1v) is 8.80.